The third-order valence-electron chi connectivity index (χ3n) is 5.32. The smallest absolute Gasteiger partial charge is 0.376 e. The first-order valence-corrected chi connectivity index (χ1v) is 9.48. The monoisotopic (exact) mass is 397 g/mol. The van der Waals surface area contributed by atoms with Crippen LogP contribution in [0.4, 0.5) is 18.0 Å². The van der Waals surface area contributed by atoms with Gasteiger partial charge in [-0.15, -0.1) is 0 Å². The second kappa shape index (κ2) is 7.57. The van der Waals surface area contributed by atoms with Gasteiger partial charge in [-0.3, -0.25) is 0 Å². The molecule has 2 amide bonds. The highest BCUT2D eigenvalue weighted by Crippen LogP contribution is 2.36. The van der Waals surface area contributed by atoms with Crippen molar-refractivity contribution in [2.75, 3.05) is 26.2 Å². The maximum atomic E-state index is 13.5. The lowest BCUT2D eigenvalue weighted by Crippen LogP contribution is -2.46. The predicted octanol–water partition coefficient (Wildman–Crippen LogP) is 2.98. The number of nitrogens with zero attached hydrogens (tertiary/aromatic N) is 4. The number of nitrogens with one attached hydrogen (secondary N) is 1. The van der Waals surface area contributed by atoms with E-state index in [4.69, 9.17) is 4.74 Å². The number of hydrogen-bond acceptors (Lipinski definition) is 4. The van der Waals surface area contributed by atoms with Crippen LogP contribution < -0.4 is 5.32 Å². The number of halogens is 3. The molecule has 0 aliphatic carbocycles. The Labute approximate surface area is 159 Å². The Hall–Kier alpha value is -2.36. The topological polar surface area (TPSA) is 72.3 Å². The Morgan fingerprint density at radius 1 is 1.29 bits per heavy atom. The number of hydrogen-bond donors (Lipinski definition) is 1. The molecule has 1 atom stereocenters. The minimum atomic E-state index is -4.56. The van der Waals surface area contributed by atoms with Crippen LogP contribution in [0, 0.1) is 0 Å². The van der Waals surface area contributed by atoms with Crippen LogP contribution in [0.25, 0.3) is 11.2 Å². The van der Waals surface area contributed by atoms with Crippen molar-refractivity contribution in [3.8, 4) is 0 Å². The standard InChI is InChI=1S/C18H22F3N5O2/c19-18(20,21)16-24-14-4-1-7-22-15(14)26(16)12-5-8-25(9-6-12)17(27)23-11-13-3-2-10-28-13/h1,4,7,12-13H,2-3,5-6,8-11H2,(H,23,27). The van der Waals surface area contributed by atoms with Gasteiger partial charge in [-0.25, -0.2) is 14.8 Å². The molecule has 2 aliphatic rings. The third-order valence-corrected chi connectivity index (χ3v) is 5.32. The van der Waals surface area contributed by atoms with Crippen molar-refractivity contribution in [1.29, 1.82) is 0 Å². The molecular weight excluding hydrogens is 375 g/mol. The first-order chi connectivity index (χ1) is 13.4. The van der Waals surface area contributed by atoms with Crippen molar-refractivity contribution >= 4 is 17.2 Å². The number of carbonyl (C=O) groups is 1. The van der Waals surface area contributed by atoms with E-state index >= 15 is 0 Å². The number of fused-ring (bicyclic) bond motifs is 1. The molecule has 2 aromatic rings. The number of carbonyl (C=O) groups excluding carboxylic acids is 1. The normalized spacial score (nSPS) is 21.4. The van der Waals surface area contributed by atoms with Crippen LogP contribution >= 0.6 is 0 Å². The molecule has 0 saturated carbocycles. The zero-order valence-corrected chi connectivity index (χ0v) is 15.3. The molecule has 2 aliphatic heterocycles. The summed E-state index contributed by atoms with van der Waals surface area (Å²) in [7, 11) is 0. The number of alkyl halides is 3. The number of rotatable bonds is 3. The van der Waals surface area contributed by atoms with Gasteiger partial charge in [-0.05, 0) is 37.8 Å². The molecule has 10 heteroatoms. The molecule has 0 bridgehead atoms. The Morgan fingerprint density at radius 2 is 2.07 bits per heavy atom. The van der Waals surface area contributed by atoms with Crippen molar-refractivity contribution < 1.29 is 22.7 Å². The van der Waals surface area contributed by atoms with E-state index in [0.29, 0.717) is 32.5 Å². The van der Waals surface area contributed by atoms with Crippen LogP contribution in [0.15, 0.2) is 18.3 Å². The molecule has 4 rings (SSSR count). The van der Waals surface area contributed by atoms with Crippen LogP contribution in [0.3, 0.4) is 0 Å². The van der Waals surface area contributed by atoms with E-state index < -0.39 is 18.0 Å². The Kier molecular flexibility index (Phi) is 5.13. The van der Waals surface area contributed by atoms with Gasteiger partial charge in [0, 0.05) is 38.5 Å². The largest absolute Gasteiger partial charge is 0.449 e. The van der Waals surface area contributed by atoms with E-state index in [1.165, 1.54) is 16.8 Å². The SMILES string of the molecule is O=C(NCC1CCCO1)N1CCC(n2c(C(F)(F)F)nc3cccnc32)CC1. The number of imidazole rings is 1. The summed E-state index contributed by atoms with van der Waals surface area (Å²) in [5.41, 5.74) is 0.461. The molecule has 0 radical (unpaired) electrons. The van der Waals surface area contributed by atoms with Crippen LogP contribution in [0.1, 0.15) is 37.5 Å². The number of piperidine rings is 1. The summed E-state index contributed by atoms with van der Waals surface area (Å²) in [4.78, 5) is 21.8. The summed E-state index contributed by atoms with van der Waals surface area (Å²) in [6, 6.07) is 2.50. The number of likely N-dealkylation sites (tertiary alicyclic amines) is 1. The summed E-state index contributed by atoms with van der Waals surface area (Å²) in [6.07, 6.45) is -0.273. The van der Waals surface area contributed by atoms with Gasteiger partial charge in [0.25, 0.3) is 0 Å². The molecular formula is C18H22F3N5O2. The predicted molar refractivity (Wildman–Crippen MR) is 94.7 cm³/mol. The highest BCUT2D eigenvalue weighted by molar-refractivity contribution is 5.74. The van der Waals surface area contributed by atoms with Gasteiger partial charge < -0.3 is 19.5 Å². The van der Waals surface area contributed by atoms with E-state index in [9.17, 15) is 18.0 Å². The summed E-state index contributed by atoms with van der Waals surface area (Å²) >= 11 is 0. The lowest BCUT2D eigenvalue weighted by Gasteiger charge is -2.33. The maximum Gasteiger partial charge on any atom is 0.449 e. The molecule has 2 saturated heterocycles. The number of ether oxygens (including phenoxy) is 1. The van der Waals surface area contributed by atoms with Gasteiger partial charge in [0.05, 0.1) is 6.10 Å². The van der Waals surface area contributed by atoms with E-state index in [0.717, 1.165) is 19.4 Å². The van der Waals surface area contributed by atoms with Crippen molar-refractivity contribution in [2.24, 2.45) is 0 Å². The highest BCUT2D eigenvalue weighted by atomic mass is 19.4. The molecule has 1 unspecified atom stereocenters. The number of aromatic nitrogens is 3. The second-order valence-corrected chi connectivity index (χ2v) is 7.19. The third kappa shape index (κ3) is 3.78. The van der Waals surface area contributed by atoms with Gasteiger partial charge in [0.1, 0.15) is 5.52 Å². The van der Waals surface area contributed by atoms with Gasteiger partial charge in [-0.1, -0.05) is 0 Å². The zero-order valence-electron chi connectivity index (χ0n) is 15.3. The fourth-order valence-electron chi connectivity index (χ4n) is 3.92. The van der Waals surface area contributed by atoms with E-state index in [-0.39, 0.29) is 23.3 Å². The number of pyridine rings is 1. The van der Waals surface area contributed by atoms with Crippen LogP contribution in [0.2, 0.25) is 0 Å². The Bertz CT molecular complexity index is 839. The zero-order chi connectivity index (χ0) is 19.7. The maximum absolute atomic E-state index is 13.5. The summed E-state index contributed by atoms with van der Waals surface area (Å²) in [5.74, 6) is -0.928. The molecule has 28 heavy (non-hydrogen) atoms. The highest BCUT2D eigenvalue weighted by Gasteiger charge is 2.40. The number of amides is 2. The summed E-state index contributed by atoms with van der Waals surface area (Å²) < 4.78 is 47.2. The van der Waals surface area contributed by atoms with Gasteiger partial charge in [-0.2, -0.15) is 13.2 Å². The molecule has 0 aromatic carbocycles. The minimum absolute atomic E-state index is 0.0548. The lowest BCUT2D eigenvalue weighted by molar-refractivity contribution is -0.147. The Balaban J connectivity index is 1.44. The molecule has 2 aromatic heterocycles. The fraction of sp³-hybridized carbons (Fsp3) is 0.611. The molecule has 152 valence electrons. The molecule has 1 N–H and O–H groups in total. The average molecular weight is 397 g/mol. The van der Waals surface area contributed by atoms with Gasteiger partial charge >= 0.3 is 12.2 Å². The first-order valence-electron chi connectivity index (χ1n) is 9.48. The first kappa shape index (κ1) is 19.0. The van der Waals surface area contributed by atoms with Crippen molar-refractivity contribution in [2.45, 2.75) is 44.0 Å². The average Bonchev–Trinajstić information content (AvgIpc) is 3.33. The van der Waals surface area contributed by atoms with Crippen LogP contribution in [-0.2, 0) is 10.9 Å². The molecule has 7 nitrogen and oxygen atoms in total. The van der Waals surface area contributed by atoms with Gasteiger partial charge in [0.2, 0.25) is 5.82 Å². The lowest BCUT2D eigenvalue weighted by atomic mass is 10.0. The second-order valence-electron chi connectivity index (χ2n) is 7.19. The Morgan fingerprint density at radius 3 is 2.75 bits per heavy atom. The van der Waals surface area contributed by atoms with E-state index in [1.807, 2.05) is 0 Å². The van der Waals surface area contributed by atoms with Crippen molar-refractivity contribution in [3.63, 3.8) is 0 Å². The fourth-order valence-corrected chi connectivity index (χ4v) is 3.92. The van der Waals surface area contributed by atoms with Crippen molar-refractivity contribution in [3.05, 3.63) is 24.2 Å². The minimum Gasteiger partial charge on any atom is -0.376 e. The molecule has 0 spiro atoms. The van der Waals surface area contributed by atoms with E-state index in [1.54, 1.807) is 11.0 Å². The van der Waals surface area contributed by atoms with Crippen LogP contribution in [0.5, 0.6) is 0 Å². The van der Waals surface area contributed by atoms with Crippen LogP contribution in [-0.4, -0.2) is 57.8 Å². The summed E-state index contributed by atoms with van der Waals surface area (Å²) in [6.45, 7) is 1.95. The number of urea groups is 1. The molecule has 2 fully saturated rings. The summed E-state index contributed by atoms with van der Waals surface area (Å²) in [5, 5.41) is 2.86. The quantitative estimate of drug-likeness (QED) is 0.864. The van der Waals surface area contributed by atoms with Gasteiger partial charge in [0.15, 0.2) is 5.65 Å². The van der Waals surface area contributed by atoms with E-state index in [2.05, 4.69) is 15.3 Å². The molecule has 4 heterocycles. The van der Waals surface area contributed by atoms with Crippen molar-refractivity contribution in [1.82, 2.24) is 24.8 Å².